The zero-order chi connectivity index (χ0) is 11.0. The first-order valence-electron chi connectivity index (χ1n) is 5.85. The lowest BCUT2D eigenvalue weighted by atomic mass is 9.85. The molecule has 3 saturated heterocycles. The van der Waals surface area contributed by atoms with Gasteiger partial charge in [0.2, 0.25) is 0 Å². The Morgan fingerprint density at radius 2 is 2.00 bits per heavy atom. The van der Waals surface area contributed by atoms with Crippen molar-refractivity contribution in [3.05, 3.63) is 35.8 Å². The van der Waals surface area contributed by atoms with E-state index in [2.05, 4.69) is 22.0 Å². The summed E-state index contributed by atoms with van der Waals surface area (Å²) in [5.41, 5.74) is 2.44. The maximum atomic E-state index is 6.50. The van der Waals surface area contributed by atoms with Crippen LogP contribution in [0.2, 0.25) is 0 Å². The van der Waals surface area contributed by atoms with Gasteiger partial charge in [0.1, 0.15) is 0 Å². The summed E-state index contributed by atoms with van der Waals surface area (Å²) in [4.78, 5) is 6.55. The van der Waals surface area contributed by atoms with Gasteiger partial charge >= 0.3 is 0 Å². The second kappa shape index (κ2) is 6.65. The van der Waals surface area contributed by atoms with Crippen LogP contribution in [0.4, 0.5) is 0 Å². The van der Waals surface area contributed by atoms with Crippen LogP contribution in [0.1, 0.15) is 18.4 Å². The fourth-order valence-electron chi connectivity index (χ4n) is 2.67. The molecule has 100 valence electrons. The highest BCUT2D eigenvalue weighted by molar-refractivity contribution is 6.23. The first-order chi connectivity index (χ1) is 7.84. The number of aromatic nitrogens is 1. The average Bonchev–Trinajstić information content (AvgIpc) is 2.36. The lowest BCUT2D eigenvalue weighted by molar-refractivity contribution is 0.166. The van der Waals surface area contributed by atoms with Crippen LogP contribution in [0.15, 0.2) is 30.2 Å². The van der Waals surface area contributed by atoms with Gasteiger partial charge in [-0.2, -0.15) is 0 Å². The molecule has 0 spiro atoms. The molecule has 2 nitrogen and oxygen atoms in total. The smallest absolute Gasteiger partial charge is 0.0763 e. The van der Waals surface area contributed by atoms with Crippen LogP contribution in [-0.4, -0.2) is 28.4 Å². The first kappa shape index (κ1) is 15.6. The van der Waals surface area contributed by atoms with E-state index in [0.717, 1.165) is 5.56 Å². The van der Waals surface area contributed by atoms with Gasteiger partial charge in [0.25, 0.3) is 0 Å². The molecule has 1 aromatic rings. The predicted octanol–water partition coefficient (Wildman–Crippen LogP) is 3.60. The fourth-order valence-corrected chi connectivity index (χ4v) is 3.12. The number of nitrogens with zero attached hydrogens (tertiary/aromatic N) is 2. The SMILES string of the molecule is Cl.Cl.ClC1C(=Cc2cccnc2)N2CCC1CC2. The monoisotopic (exact) mass is 306 g/mol. The number of hydrogen-bond acceptors (Lipinski definition) is 2. The predicted molar refractivity (Wildman–Crippen MR) is 80.6 cm³/mol. The summed E-state index contributed by atoms with van der Waals surface area (Å²) >= 11 is 6.50. The maximum absolute atomic E-state index is 6.50. The Morgan fingerprint density at radius 1 is 1.28 bits per heavy atom. The summed E-state index contributed by atoms with van der Waals surface area (Å²) in [6.45, 7) is 2.33. The van der Waals surface area contributed by atoms with E-state index in [1.807, 2.05) is 12.3 Å². The Bertz CT molecular complexity index is 396. The molecule has 4 rings (SSSR count). The number of piperidine rings is 3. The van der Waals surface area contributed by atoms with Crippen molar-refractivity contribution < 1.29 is 0 Å². The normalized spacial score (nSPS) is 27.6. The van der Waals surface area contributed by atoms with Gasteiger partial charge in [-0.05, 0) is 36.5 Å². The molecule has 0 aliphatic carbocycles. The third-order valence-corrected chi connectivity index (χ3v) is 4.18. The molecule has 0 amide bonds. The third-order valence-electron chi connectivity index (χ3n) is 3.60. The van der Waals surface area contributed by atoms with Gasteiger partial charge in [-0.25, -0.2) is 0 Å². The van der Waals surface area contributed by atoms with Gasteiger partial charge in [0.05, 0.1) is 5.38 Å². The molecule has 3 aliphatic heterocycles. The number of rotatable bonds is 1. The summed E-state index contributed by atoms with van der Waals surface area (Å²) in [7, 11) is 0. The quantitative estimate of drug-likeness (QED) is 0.737. The van der Waals surface area contributed by atoms with Crippen molar-refractivity contribution in [2.24, 2.45) is 5.92 Å². The molecule has 1 atom stereocenters. The Kier molecular flexibility index (Phi) is 5.77. The third kappa shape index (κ3) is 2.93. The zero-order valence-corrected chi connectivity index (χ0v) is 12.3. The second-order valence-electron chi connectivity index (χ2n) is 4.58. The minimum absolute atomic E-state index is 0. The summed E-state index contributed by atoms with van der Waals surface area (Å²) in [5.74, 6) is 0.676. The molecule has 0 N–H and O–H groups in total. The van der Waals surface area contributed by atoms with Crippen LogP contribution < -0.4 is 0 Å². The molecule has 1 unspecified atom stereocenters. The van der Waals surface area contributed by atoms with Crippen molar-refractivity contribution in [1.82, 2.24) is 9.88 Å². The number of pyridine rings is 1. The Hall–Kier alpha value is -0.440. The van der Waals surface area contributed by atoms with Gasteiger partial charge in [-0.3, -0.25) is 4.98 Å². The summed E-state index contributed by atoms with van der Waals surface area (Å²) in [6, 6.07) is 4.04. The summed E-state index contributed by atoms with van der Waals surface area (Å²) < 4.78 is 0. The zero-order valence-electron chi connectivity index (χ0n) is 9.96. The molecule has 18 heavy (non-hydrogen) atoms. The van der Waals surface area contributed by atoms with Crippen LogP contribution in [0.25, 0.3) is 6.08 Å². The van der Waals surface area contributed by atoms with Crippen molar-refractivity contribution >= 4 is 42.5 Å². The molecule has 0 saturated carbocycles. The van der Waals surface area contributed by atoms with E-state index in [0.29, 0.717) is 5.92 Å². The molecule has 3 fully saturated rings. The molecular weight excluding hydrogens is 291 g/mol. The number of allylic oxidation sites excluding steroid dienone is 1. The highest BCUT2D eigenvalue weighted by atomic mass is 35.5. The number of alkyl halides is 1. The van der Waals surface area contributed by atoms with Crippen molar-refractivity contribution in [2.45, 2.75) is 18.2 Å². The summed E-state index contributed by atoms with van der Waals surface area (Å²) in [6.07, 6.45) is 8.38. The maximum Gasteiger partial charge on any atom is 0.0763 e. The molecule has 5 heteroatoms. The Balaban J connectivity index is 0.000000810. The van der Waals surface area contributed by atoms with E-state index in [1.54, 1.807) is 6.20 Å². The second-order valence-corrected chi connectivity index (χ2v) is 5.05. The van der Waals surface area contributed by atoms with Gasteiger partial charge in [-0.15, -0.1) is 36.4 Å². The molecule has 4 heterocycles. The molecule has 2 bridgehead atoms. The van der Waals surface area contributed by atoms with E-state index in [4.69, 9.17) is 11.6 Å². The first-order valence-corrected chi connectivity index (χ1v) is 6.29. The Labute approximate surface area is 125 Å². The van der Waals surface area contributed by atoms with Gasteiger partial charge in [-0.1, -0.05) is 6.07 Å². The highest BCUT2D eigenvalue weighted by Gasteiger charge is 2.36. The lowest BCUT2D eigenvalue weighted by Crippen LogP contribution is -2.46. The Morgan fingerprint density at radius 3 is 2.56 bits per heavy atom. The van der Waals surface area contributed by atoms with Crippen molar-refractivity contribution in [1.29, 1.82) is 0 Å². The minimum atomic E-state index is 0. The van der Waals surface area contributed by atoms with Crippen LogP contribution in [0.3, 0.4) is 0 Å². The molecule has 3 aliphatic rings. The van der Waals surface area contributed by atoms with E-state index in [1.165, 1.54) is 31.6 Å². The highest BCUT2D eigenvalue weighted by Crippen LogP contribution is 2.38. The number of fused-ring (bicyclic) bond motifs is 3. The van der Waals surface area contributed by atoms with Crippen LogP contribution in [-0.2, 0) is 0 Å². The van der Waals surface area contributed by atoms with E-state index in [-0.39, 0.29) is 30.2 Å². The van der Waals surface area contributed by atoms with E-state index >= 15 is 0 Å². The largest absolute Gasteiger partial charge is 0.374 e. The molecule has 1 aromatic heterocycles. The fraction of sp³-hybridized carbons (Fsp3) is 0.462. The van der Waals surface area contributed by atoms with Crippen molar-refractivity contribution in [3.63, 3.8) is 0 Å². The van der Waals surface area contributed by atoms with Crippen LogP contribution >= 0.6 is 36.4 Å². The number of hydrogen-bond donors (Lipinski definition) is 0. The van der Waals surface area contributed by atoms with Crippen molar-refractivity contribution in [2.75, 3.05) is 13.1 Å². The van der Waals surface area contributed by atoms with Gasteiger partial charge in [0.15, 0.2) is 0 Å². The van der Waals surface area contributed by atoms with Crippen molar-refractivity contribution in [3.8, 4) is 0 Å². The minimum Gasteiger partial charge on any atom is -0.374 e. The van der Waals surface area contributed by atoms with E-state index < -0.39 is 0 Å². The van der Waals surface area contributed by atoms with Crippen LogP contribution in [0, 0.1) is 5.92 Å². The van der Waals surface area contributed by atoms with Gasteiger partial charge < -0.3 is 4.90 Å². The number of halogens is 3. The van der Waals surface area contributed by atoms with Crippen LogP contribution in [0.5, 0.6) is 0 Å². The van der Waals surface area contributed by atoms with Gasteiger partial charge in [0, 0.05) is 31.2 Å². The standard InChI is InChI=1S/C13H15ClN2.2ClH/c14-13-11-3-6-16(7-4-11)12(13)8-10-2-1-5-15-9-10;;/h1-2,5,8-9,11,13H,3-4,6-7H2;2*1H. The molecule has 0 radical (unpaired) electrons. The summed E-state index contributed by atoms with van der Waals surface area (Å²) in [5, 5.41) is 0.197. The molecular formula is C13H17Cl3N2. The average molecular weight is 308 g/mol. The molecule has 0 aromatic carbocycles. The topological polar surface area (TPSA) is 16.1 Å². The van der Waals surface area contributed by atoms with E-state index in [9.17, 15) is 0 Å². The lowest BCUT2D eigenvalue weighted by Gasteiger charge is -2.45.